The van der Waals surface area contributed by atoms with Crippen LogP contribution in [-0.4, -0.2) is 17.6 Å². The summed E-state index contributed by atoms with van der Waals surface area (Å²) in [6, 6.07) is 8.62. The lowest BCUT2D eigenvalue weighted by Gasteiger charge is -2.31. The van der Waals surface area contributed by atoms with Crippen molar-refractivity contribution in [2.75, 3.05) is 6.54 Å². The summed E-state index contributed by atoms with van der Waals surface area (Å²) in [4.78, 5) is 12.3. The van der Waals surface area contributed by atoms with Gasteiger partial charge in [0.05, 0.1) is 12.2 Å². The van der Waals surface area contributed by atoms with Crippen molar-refractivity contribution in [2.24, 2.45) is 0 Å². The summed E-state index contributed by atoms with van der Waals surface area (Å²) in [7, 11) is 0. The Labute approximate surface area is 149 Å². The Morgan fingerprint density at radius 2 is 2.00 bits per heavy atom. The molecular formula is C20H27N3O2. The molecule has 5 heteroatoms. The van der Waals surface area contributed by atoms with E-state index in [0.29, 0.717) is 13.1 Å². The number of benzene rings is 1. The third kappa shape index (κ3) is 3.93. The van der Waals surface area contributed by atoms with Crippen molar-refractivity contribution in [3.8, 4) is 0 Å². The number of hydrogen-bond acceptors (Lipinski definition) is 4. The van der Waals surface area contributed by atoms with Crippen LogP contribution in [0.4, 0.5) is 0 Å². The van der Waals surface area contributed by atoms with Gasteiger partial charge in [-0.15, -0.1) is 0 Å². The standard InChI is InChI=1S/C20H27N3O2/c1-14-7-6-8-17(11-14)20(9-4-5-10-20)22-13-19(24)21-12-18-15(2)23-25-16(18)3/h6-8,11,22H,4-5,9-10,12-13H2,1-3H3,(H,21,24). The Morgan fingerprint density at radius 3 is 2.64 bits per heavy atom. The molecule has 5 nitrogen and oxygen atoms in total. The number of nitrogens with zero attached hydrogens (tertiary/aromatic N) is 1. The van der Waals surface area contributed by atoms with Crippen LogP contribution in [0.2, 0.25) is 0 Å². The van der Waals surface area contributed by atoms with E-state index in [4.69, 9.17) is 4.52 Å². The maximum atomic E-state index is 12.3. The fourth-order valence-electron chi connectivity index (χ4n) is 3.74. The minimum atomic E-state index is -0.0770. The Balaban J connectivity index is 1.61. The van der Waals surface area contributed by atoms with Crippen molar-refractivity contribution in [1.82, 2.24) is 15.8 Å². The molecule has 1 aliphatic carbocycles. The highest BCUT2D eigenvalue weighted by Gasteiger charge is 2.35. The molecule has 1 aliphatic rings. The first-order valence-corrected chi connectivity index (χ1v) is 9.01. The number of rotatable bonds is 6. The van der Waals surface area contributed by atoms with Gasteiger partial charge in [0.1, 0.15) is 5.76 Å². The van der Waals surface area contributed by atoms with Gasteiger partial charge in [0.25, 0.3) is 0 Å². The van der Waals surface area contributed by atoms with Crippen molar-refractivity contribution in [3.63, 3.8) is 0 Å². The van der Waals surface area contributed by atoms with Crippen LogP contribution < -0.4 is 10.6 Å². The molecule has 1 amide bonds. The number of aromatic nitrogens is 1. The maximum Gasteiger partial charge on any atom is 0.234 e. The Morgan fingerprint density at radius 1 is 1.24 bits per heavy atom. The molecule has 0 unspecified atom stereocenters. The van der Waals surface area contributed by atoms with E-state index in [0.717, 1.165) is 29.9 Å². The smallest absolute Gasteiger partial charge is 0.234 e. The first-order chi connectivity index (χ1) is 12.0. The third-order valence-electron chi connectivity index (χ3n) is 5.26. The fourth-order valence-corrected chi connectivity index (χ4v) is 3.74. The van der Waals surface area contributed by atoms with E-state index in [1.54, 1.807) is 0 Å². The van der Waals surface area contributed by atoms with Gasteiger partial charge in [0.2, 0.25) is 5.91 Å². The summed E-state index contributed by atoms with van der Waals surface area (Å²) < 4.78 is 5.14. The molecule has 1 aromatic carbocycles. The van der Waals surface area contributed by atoms with Gasteiger partial charge in [-0.2, -0.15) is 0 Å². The summed E-state index contributed by atoms with van der Waals surface area (Å²) in [6.45, 7) is 6.64. The van der Waals surface area contributed by atoms with Crippen LogP contribution in [0.25, 0.3) is 0 Å². The second kappa shape index (κ2) is 7.40. The van der Waals surface area contributed by atoms with Crippen molar-refractivity contribution in [1.29, 1.82) is 0 Å². The molecule has 0 aliphatic heterocycles. The predicted molar refractivity (Wildman–Crippen MR) is 97.2 cm³/mol. The van der Waals surface area contributed by atoms with Crippen LogP contribution in [0.5, 0.6) is 0 Å². The molecule has 2 N–H and O–H groups in total. The minimum absolute atomic E-state index is 0.000993. The third-order valence-corrected chi connectivity index (χ3v) is 5.26. The molecule has 0 saturated heterocycles. The first kappa shape index (κ1) is 17.7. The predicted octanol–water partition coefficient (Wildman–Crippen LogP) is 3.28. The van der Waals surface area contributed by atoms with Gasteiger partial charge in [-0.25, -0.2) is 0 Å². The van der Waals surface area contributed by atoms with Gasteiger partial charge in [-0.05, 0) is 39.2 Å². The molecule has 25 heavy (non-hydrogen) atoms. The lowest BCUT2D eigenvalue weighted by Crippen LogP contribution is -2.45. The van der Waals surface area contributed by atoms with E-state index in [1.165, 1.54) is 24.0 Å². The van der Waals surface area contributed by atoms with E-state index in [-0.39, 0.29) is 11.4 Å². The molecule has 134 valence electrons. The van der Waals surface area contributed by atoms with Crippen molar-refractivity contribution >= 4 is 5.91 Å². The summed E-state index contributed by atoms with van der Waals surface area (Å²) in [5, 5.41) is 10.4. The lowest BCUT2D eigenvalue weighted by molar-refractivity contribution is -0.120. The number of nitrogens with one attached hydrogen (secondary N) is 2. The SMILES string of the molecule is Cc1cccc(C2(NCC(=O)NCc3c(C)noc3C)CCCC2)c1. The first-order valence-electron chi connectivity index (χ1n) is 9.01. The molecule has 0 radical (unpaired) electrons. The minimum Gasteiger partial charge on any atom is -0.361 e. The van der Waals surface area contributed by atoms with Gasteiger partial charge in [-0.3, -0.25) is 10.1 Å². The number of aryl methyl sites for hydroxylation is 3. The normalized spacial score (nSPS) is 16.1. The van der Waals surface area contributed by atoms with Gasteiger partial charge in [0, 0.05) is 17.6 Å². The van der Waals surface area contributed by atoms with E-state index in [2.05, 4.69) is 47.0 Å². The molecule has 0 spiro atoms. The summed E-state index contributed by atoms with van der Waals surface area (Å²) in [6.07, 6.45) is 4.55. The summed E-state index contributed by atoms with van der Waals surface area (Å²) in [5.74, 6) is 0.761. The second-order valence-electron chi connectivity index (χ2n) is 7.09. The number of carbonyl (C=O) groups is 1. The highest BCUT2D eigenvalue weighted by molar-refractivity contribution is 5.78. The quantitative estimate of drug-likeness (QED) is 0.846. The molecule has 1 fully saturated rings. The van der Waals surface area contributed by atoms with Crippen LogP contribution in [0.15, 0.2) is 28.8 Å². The maximum absolute atomic E-state index is 12.3. The lowest BCUT2D eigenvalue weighted by atomic mass is 9.87. The van der Waals surface area contributed by atoms with Gasteiger partial charge < -0.3 is 9.84 Å². The zero-order valence-electron chi connectivity index (χ0n) is 15.3. The van der Waals surface area contributed by atoms with Crippen molar-refractivity contribution in [3.05, 3.63) is 52.4 Å². The topological polar surface area (TPSA) is 67.2 Å². The monoisotopic (exact) mass is 341 g/mol. The van der Waals surface area contributed by atoms with Crippen LogP contribution in [-0.2, 0) is 16.9 Å². The zero-order chi connectivity index (χ0) is 17.9. The molecule has 2 aromatic rings. The van der Waals surface area contributed by atoms with E-state index < -0.39 is 0 Å². The number of hydrogen-bond donors (Lipinski definition) is 2. The van der Waals surface area contributed by atoms with Gasteiger partial charge in [-0.1, -0.05) is 47.8 Å². The van der Waals surface area contributed by atoms with Crippen LogP contribution >= 0.6 is 0 Å². The molecule has 0 atom stereocenters. The largest absolute Gasteiger partial charge is 0.361 e. The Kier molecular flexibility index (Phi) is 5.23. The number of carbonyl (C=O) groups excluding carboxylic acids is 1. The second-order valence-corrected chi connectivity index (χ2v) is 7.09. The fraction of sp³-hybridized carbons (Fsp3) is 0.500. The highest BCUT2D eigenvalue weighted by Crippen LogP contribution is 2.38. The van der Waals surface area contributed by atoms with Crippen LogP contribution in [0, 0.1) is 20.8 Å². The zero-order valence-corrected chi connectivity index (χ0v) is 15.3. The highest BCUT2D eigenvalue weighted by atomic mass is 16.5. The van der Waals surface area contributed by atoms with E-state index in [9.17, 15) is 4.79 Å². The van der Waals surface area contributed by atoms with Crippen LogP contribution in [0.3, 0.4) is 0 Å². The van der Waals surface area contributed by atoms with E-state index >= 15 is 0 Å². The molecule has 3 rings (SSSR count). The average molecular weight is 341 g/mol. The van der Waals surface area contributed by atoms with Crippen molar-refractivity contribution in [2.45, 2.75) is 58.5 Å². The Hall–Kier alpha value is -2.14. The van der Waals surface area contributed by atoms with Crippen LogP contribution in [0.1, 0.15) is 53.8 Å². The van der Waals surface area contributed by atoms with Gasteiger partial charge >= 0.3 is 0 Å². The molecule has 1 heterocycles. The van der Waals surface area contributed by atoms with E-state index in [1.807, 2.05) is 13.8 Å². The molecule has 1 saturated carbocycles. The summed E-state index contributed by atoms with van der Waals surface area (Å²) >= 11 is 0. The average Bonchev–Trinajstić information content (AvgIpc) is 3.20. The Bertz CT molecular complexity index is 726. The molecule has 1 aromatic heterocycles. The molecular weight excluding hydrogens is 314 g/mol. The van der Waals surface area contributed by atoms with Crippen molar-refractivity contribution < 1.29 is 9.32 Å². The number of amides is 1. The summed E-state index contributed by atoms with van der Waals surface area (Å²) in [5.41, 5.74) is 4.27. The molecule has 0 bridgehead atoms. The van der Waals surface area contributed by atoms with Gasteiger partial charge in [0.15, 0.2) is 0 Å².